The number of anilines is 2. The predicted octanol–water partition coefficient (Wildman–Crippen LogP) is 3.60. The fourth-order valence-corrected chi connectivity index (χ4v) is 4.02. The molecule has 1 saturated carbocycles. The van der Waals surface area contributed by atoms with Crippen LogP contribution in [0.25, 0.3) is 0 Å². The number of aromatic nitrogens is 2. The number of para-hydroxylation sites is 2. The number of benzene rings is 1. The summed E-state index contributed by atoms with van der Waals surface area (Å²) in [5, 5.41) is 10.2. The smallest absolute Gasteiger partial charge is 0.265 e. The van der Waals surface area contributed by atoms with Crippen LogP contribution in [-0.4, -0.2) is 35.2 Å². The molecule has 0 bridgehead atoms. The summed E-state index contributed by atoms with van der Waals surface area (Å²) in [6.07, 6.45) is 7.66. The molecule has 0 spiro atoms. The van der Waals surface area contributed by atoms with Gasteiger partial charge in [-0.05, 0) is 25.0 Å². The van der Waals surface area contributed by atoms with Crippen molar-refractivity contribution in [1.29, 1.82) is 0 Å². The first-order valence-corrected chi connectivity index (χ1v) is 10.1. The van der Waals surface area contributed by atoms with E-state index in [9.17, 15) is 9.59 Å². The third-order valence-corrected chi connectivity index (χ3v) is 5.53. The second kappa shape index (κ2) is 8.46. The summed E-state index contributed by atoms with van der Waals surface area (Å²) in [5.74, 6) is 1.43. The molecule has 2 aliphatic rings. The van der Waals surface area contributed by atoms with Crippen molar-refractivity contribution in [3.8, 4) is 5.75 Å². The first kappa shape index (κ1) is 18.5. The number of fused-ring (bicyclic) bond motifs is 1. The van der Waals surface area contributed by atoms with Gasteiger partial charge in [-0.1, -0.05) is 37.8 Å². The maximum Gasteiger partial charge on any atom is 0.265 e. The lowest BCUT2D eigenvalue weighted by Gasteiger charge is -2.29. The number of nitrogens with zero attached hydrogens (tertiary/aromatic N) is 2. The van der Waals surface area contributed by atoms with Gasteiger partial charge in [0.15, 0.2) is 12.4 Å². The molecule has 1 aliphatic carbocycles. The molecular formula is C21H26N4O3. The molecule has 2 aromatic rings. The molecule has 1 aromatic carbocycles. The van der Waals surface area contributed by atoms with Crippen LogP contribution in [0.3, 0.4) is 0 Å². The Labute approximate surface area is 164 Å². The Balaban J connectivity index is 1.33. The van der Waals surface area contributed by atoms with E-state index in [1.54, 1.807) is 4.90 Å². The van der Waals surface area contributed by atoms with E-state index in [4.69, 9.17) is 4.74 Å². The third-order valence-electron chi connectivity index (χ3n) is 5.53. The fourth-order valence-electron chi connectivity index (χ4n) is 4.02. The average Bonchev–Trinajstić information content (AvgIpc) is 2.99. The van der Waals surface area contributed by atoms with Gasteiger partial charge in [-0.3, -0.25) is 14.7 Å². The SMILES string of the molecule is O=C(CCN1C(=O)COc2ccccc21)Nc1cc(C2CCCCCC2)[nH]n1. The number of carbonyl (C=O) groups is 2. The maximum atomic E-state index is 12.4. The highest BCUT2D eigenvalue weighted by atomic mass is 16.5. The number of rotatable bonds is 5. The number of amides is 2. The van der Waals surface area contributed by atoms with E-state index in [-0.39, 0.29) is 24.8 Å². The van der Waals surface area contributed by atoms with Gasteiger partial charge in [0.2, 0.25) is 5.91 Å². The van der Waals surface area contributed by atoms with Crippen LogP contribution < -0.4 is 15.0 Å². The Bertz CT molecular complexity index is 840. The van der Waals surface area contributed by atoms with Crippen LogP contribution in [0.5, 0.6) is 5.75 Å². The third kappa shape index (κ3) is 4.18. The van der Waals surface area contributed by atoms with Crippen molar-refractivity contribution in [3.05, 3.63) is 36.0 Å². The number of aromatic amines is 1. The molecule has 1 aliphatic heterocycles. The summed E-state index contributed by atoms with van der Waals surface area (Å²) in [7, 11) is 0. The topological polar surface area (TPSA) is 87.3 Å². The molecule has 7 nitrogen and oxygen atoms in total. The van der Waals surface area contributed by atoms with E-state index in [0.717, 1.165) is 5.69 Å². The number of nitrogens with one attached hydrogen (secondary N) is 2. The Hall–Kier alpha value is -2.83. The Morgan fingerprint density at radius 1 is 1.21 bits per heavy atom. The van der Waals surface area contributed by atoms with Gasteiger partial charge in [-0.25, -0.2) is 0 Å². The summed E-state index contributed by atoms with van der Waals surface area (Å²) in [4.78, 5) is 26.2. The molecule has 0 saturated heterocycles. The number of hydrogen-bond donors (Lipinski definition) is 2. The van der Waals surface area contributed by atoms with Crippen molar-refractivity contribution in [2.24, 2.45) is 0 Å². The number of H-pyrrole nitrogens is 1. The van der Waals surface area contributed by atoms with Crippen LogP contribution >= 0.6 is 0 Å². The van der Waals surface area contributed by atoms with Crippen LogP contribution in [-0.2, 0) is 9.59 Å². The number of ether oxygens (including phenoxy) is 1. The van der Waals surface area contributed by atoms with Crippen molar-refractivity contribution in [3.63, 3.8) is 0 Å². The van der Waals surface area contributed by atoms with Crippen LogP contribution in [0.2, 0.25) is 0 Å². The van der Waals surface area contributed by atoms with E-state index >= 15 is 0 Å². The van der Waals surface area contributed by atoms with Crippen LogP contribution in [0.1, 0.15) is 56.6 Å². The van der Waals surface area contributed by atoms with Gasteiger partial charge in [0.1, 0.15) is 5.75 Å². The van der Waals surface area contributed by atoms with Gasteiger partial charge in [-0.15, -0.1) is 0 Å². The number of hydrogen-bond acceptors (Lipinski definition) is 4. The molecule has 2 amide bonds. The molecule has 0 atom stereocenters. The quantitative estimate of drug-likeness (QED) is 0.774. The Morgan fingerprint density at radius 2 is 2.00 bits per heavy atom. The van der Waals surface area contributed by atoms with Crippen LogP contribution in [0.4, 0.5) is 11.5 Å². The fraction of sp³-hybridized carbons (Fsp3) is 0.476. The monoisotopic (exact) mass is 382 g/mol. The van der Waals surface area contributed by atoms with E-state index in [2.05, 4.69) is 15.5 Å². The van der Waals surface area contributed by atoms with Gasteiger partial charge in [-0.2, -0.15) is 5.10 Å². The summed E-state index contributed by atoms with van der Waals surface area (Å²) in [6, 6.07) is 9.32. The average molecular weight is 382 g/mol. The minimum Gasteiger partial charge on any atom is -0.482 e. The lowest BCUT2D eigenvalue weighted by molar-refractivity contribution is -0.121. The van der Waals surface area contributed by atoms with Crippen LogP contribution in [0, 0.1) is 0 Å². The molecule has 2 N–H and O–H groups in total. The molecule has 0 radical (unpaired) electrons. The molecule has 1 fully saturated rings. The predicted molar refractivity (Wildman–Crippen MR) is 107 cm³/mol. The zero-order valence-corrected chi connectivity index (χ0v) is 15.9. The van der Waals surface area contributed by atoms with Gasteiger partial charge < -0.3 is 15.0 Å². The van der Waals surface area contributed by atoms with Gasteiger partial charge >= 0.3 is 0 Å². The van der Waals surface area contributed by atoms with E-state index in [0.29, 0.717) is 29.7 Å². The van der Waals surface area contributed by atoms with E-state index < -0.39 is 0 Å². The maximum absolute atomic E-state index is 12.4. The summed E-state index contributed by atoms with van der Waals surface area (Å²) in [5.41, 5.74) is 1.82. The Kier molecular flexibility index (Phi) is 5.60. The first-order chi connectivity index (χ1) is 13.7. The molecule has 148 valence electrons. The zero-order valence-electron chi connectivity index (χ0n) is 15.9. The summed E-state index contributed by atoms with van der Waals surface area (Å²) < 4.78 is 5.43. The van der Waals surface area contributed by atoms with Gasteiger partial charge in [0, 0.05) is 30.6 Å². The lowest BCUT2D eigenvalue weighted by atomic mass is 9.97. The standard InChI is InChI=1S/C21H26N4O3/c26-20(11-12-25-17-9-5-6-10-18(17)28-14-21(25)27)22-19-13-16(23-24-19)15-7-3-1-2-4-8-15/h5-6,9-10,13,15H,1-4,7-8,11-12,14H2,(H2,22,23,24,26). The molecule has 28 heavy (non-hydrogen) atoms. The van der Waals surface area contributed by atoms with Crippen molar-refractivity contribution in [1.82, 2.24) is 10.2 Å². The van der Waals surface area contributed by atoms with Crippen molar-refractivity contribution in [2.75, 3.05) is 23.4 Å². The minimum atomic E-state index is -0.157. The first-order valence-electron chi connectivity index (χ1n) is 10.1. The summed E-state index contributed by atoms with van der Waals surface area (Å²) >= 11 is 0. The van der Waals surface area contributed by atoms with E-state index in [1.807, 2.05) is 30.3 Å². The molecular weight excluding hydrogens is 356 g/mol. The second-order valence-corrected chi connectivity index (χ2v) is 7.50. The zero-order chi connectivity index (χ0) is 19.3. The molecule has 1 aromatic heterocycles. The molecule has 4 rings (SSSR count). The lowest BCUT2D eigenvalue weighted by Crippen LogP contribution is -2.40. The van der Waals surface area contributed by atoms with E-state index in [1.165, 1.54) is 38.5 Å². The van der Waals surface area contributed by atoms with Crippen molar-refractivity contribution < 1.29 is 14.3 Å². The van der Waals surface area contributed by atoms with Gasteiger partial charge in [0.05, 0.1) is 5.69 Å². The molecule has 2 heterocycles. The largest absolute Gasteiger partial charge is 0.482 e. The highest BCUT2D eigenvalue weighted by Crippen LogP contribution is 2.32. The summed E-state index contributed by atoms with van der Waals surface area (Å²) in [6.45, 7) is 0.313. The van der Waals surface area contributed by atoms with Crippen LogP contribution in [0.15, 0.2) is 30.3 Å². The molecule has 7 heteroatoms. The highest BCUT2D eigenvalue weighted by Gasteiger charge is 2.25. The Morgan fingerprint density at radius 3 is 2.82 bits per heavy atom. The van der Waals surface area contributed by atoms with Crippen molar-refractivity contribution >= 4 is 23.3 Å². The van der Waals surface area contributed by atoms with Gasteiger partial charge in [0.25, 0.3) is 5.91 Å². The van der Waals surface area contributed by atoms with Crippen molar-refractivity contribution in [2.45, 2.75) is 50.9 Å². The normalized spacial score (nSPS) is 17.6. The second-order valence-electron chi connectivity index (χ2n) is 7.50. The minimum absolute atomic E-state index is 0.00273. The molecule has 0 unspecified atom stereocenters. The highest BCUT2D eigenvalue weighted by molar-refractivity contribution is 5.99. The number of carbonyl (C=O) groups excluding carboxylic acids is 2.